The molecule has 8 heteroatoms. The zero-order valence-corrected chi connectivity index (χ0v) is 15.4. The number of nitrogens with zero attached hydrogens (tertiary/aromatic N) is 6. The highest BCUT2D eigenvalue weighted by molar-refractivity contribution is 5.94. The first kappa shape index (κ1) is 18.1. The molecule has 1 N–H and O–H groups in total. The van der Waals surface area contributed by atoms with Crippen molar-refractivity contribution in [2.24, 2.45) is 11.8 Å². The van der Waals surface area contributed by atoms with Crippen LogP contribution in [0.15, 0.2) is 31.0 Å². The minimum atomic E-state index is -0.0163. The van der Waals surface area contributed by atoms with E-state index in [9.17, 15) is 9.90 Å². The molecule has 4 rings (SSSR count). The molecule has 2 aromatic rings. The SMILES string of the molecule is O=C(c1ccc(-n2cnnc2)nc1)N1C[C@@H](CN2CCCCC2)[C@@H](CO)C1. The molecule has 0 radical (unpaired) electrons. The van der Waals surface area contributed by atoms with Crippen LogP contribution in [0.25, 0.3) is 5.82 Å². The van der Waals surface area contributed by atoms with E-state index < -0.39 is 0 Å². The van der Waals surface area contributed by atoms with E-state index in [4.69, 9.17) is 0 Å². The Morgan fingerprint density at radius 3 is 2.48 bits per heavy atom. The lowest BCUT2D eigenvalue weighted by molar-refractivity contribution is 0.0778. The number of hydrogen-bond donors (Lipinski definition) is 1. The highest BCUT2D eigenvalue weighted by atomic mass is 16.3. The maximum Gasteiger partial charge on any atom is 0.255 e. The summed E-state index contributed by atoms with van der Waals surface area (Å²) in [5, 5.41) is 17.3. The Bertz CT molecular complexity index is 742. The fourth-order valence-corrected chi connectivity index (χ4v) is 4.16. The molecule has 2 atom stereocenters. The minimum absolute atomic E-state index is 0.0163. The fourth-order valence-electron chi connectivity index (χ4n) is 4.16. The maximum atomic E-state index is 12.9. The molecule has 0 unspecified atom stereocenters. The Morgan fingerprint density at radius 2 is 1.81 bits per heavy atom. The second-order valence-corrected chi connectivity index (χ2v) is 7.55. The third-order valence-corrected chi connectivity index (χ3v) is 5.72. The maximum absolute atomic E-state index is 12.9. The number of rotatable bonds is 5. The van der Waals surface area contributed by atoms with Gasteiger partial charge < -0.3 is 14.9 Å². The van der Waals surface area contributed by atoms with Gasteiger partial charge in [0.25, 0.3) is 5.91 Å². The Kier molecular flexibility index (Phi) is 5.45. The average Bonchev–Trinajstić information content (AvgIpc) is 3.38. The van der Waals surface area contributed by atoms with Crippen LogP contribution in [0.3, 0.4) is 0 Å². The van der Waals surface area contributed by atoms with Crippen molar-refractivity contribution in [3.8, 4) is 5.82 Å². The third-order valence-electron chi connectivity index (χ3n) is 5.72. The number of amides is 1. The second kappa shape index (κ2) is 8.14. The predicted octanol–water partition coefficient (Wildman–Crippen LogP) is 0.829. The largest absolute Gasteiger partial charge is 0.396 e. The van der Waals surface area contributed by atoms with E-state index in [1.165, 1.54) is 19.3 Å². The van der Waals surface area contributed by atoms with Crippen LogP contribution in [0.4, 0.5) is 0 Å². The summed E-state index contributed by atoms with van der Waals surface area (Å²) in [5.41, 5.74) is 0.571. The van der Waals surface area contributed by atoms with Crippen molar-refractivity contribution in [3.63, 3.8) is 0 Å². The Hall–Kier alpha value is -2.32. The van der Waals surface area contributed by atoms with Gasteiger partial charge in [0.15, 0.2) is 0 Å². The molecule has 2 fully saturated rings. The molecular formula is C19H26N6O2. The highest BCUT2D eigenvalue weighted by Gasteiger charge is 2.36. The highest BCUT2D eigenvalue weighted by Crippen LogP contribution is 2.26. The van der Waals surface area contributed by atoms with Gasteiger partial charge in [-0.3, -0.25) is 9.36 Å². The number of pyridine rings is 1. The minimum Gasteiger partial charge on any atom is -0.396 e. The van der Waals surface area contributed by atoms with Crippen LogP contribution in [0.5, 0.6) is 0 Å². The zero-order chi connectivity index (χ0) is 18.6. The number of carbonyl (C=O) groups is 1. The van der Waals surface area contributed by atoms with Gasteiger partial charge in [-0.25, -0.2) is 4.98 Å². The number of carbonyl (C=O) groups excluding carboxylic acids is 1. The summed E-state index contributed by atoms with van der Waals surface area (Å²) in [4.78, 5) is 21.6. The molecule has 2 aliphatic rings. The summed E-state index contributed by atoms with van der Waals surface area (Å²) in [6, 6.07) is 3.58. The Morgan fingerprint density at radius 1 is 1.07 bits per heavy atom. The van der Waals surface area contributed by atoms with Gasteiger partial charge in [-0.2, -0.15) is 0 Å². The standard InChI is InChI=1S/C19H26N6O2/c26-12-17-11-24(10-16(17)9-23-6-2-1-3-7-23)19(27)15-4-5-18(20-8-15)25-13-21-22-14-25/h4-5,8,13-14,16-17,26H,1-3,6-7,9-12H2/t16-,17-/m1/s1. The zero-order valence-electron chi connectivity index (χ0n) is 15.4. The first-order chi connectivity index (χ1) is 13.2. The number of aromatic nitrogens is 4. The van der Waals surface area contributed by atoms with E-state index >= 15 is 0 Å². The Balaban J connectivity index is 1.41. The van der Waals surface area contributed by atoms with Crippen LogP contribution in [0.2, 0.25) is 0 Å². The van der Waals surface area contributed by atoms with Crippen molar-refractivity contribution in [1.29, 1.82) is 0 Å². The summed E-state index contributed by atoms with van der Waals surface area (Å²) in [6.07, 6.45) is 8.56. The molecule has 2 saturated heterocycles. The molecule has 0 saturated carbocycles. The van der Waals surface area contributed by atoms with E-state index in [-0.39, 0.29) is 18.4 Å². The number of aliphatic hydroxyl groups is 1. The lowest BCUT2D eigenvalue weighted by Gasteiger charge is -2.30. The predicted molar refractivity (Wildman–Crippen MR) is 99.4 cm³/mol. The molecule has 8 nitrogen and oxygen atoms in total. The summed E-state index contributed by atoms with van der Waals surface area (Å²) >= 11 is 0. The van der Waals surface area contributed by atoms with Crippen LogP contribution < -0.4 is 0 Å². The summed E-state index contributed by atoms with van der Waals surface area (Å²) in [7, 11) is 0. The normalized spacial score (nSPS) is 23.7. The molecule has 27 heavy (non-hydrogen) atoms. The molecule has 0 bridgehead atoms. The molecule has 0 aliphatic carbocycles. The van der Waals surface area contributed by atoms with Gasteiger partial charge in [0.05, 0.1) is 5.56 Å². The molecule has 144 valence electrons. The molecule has 4 heterocycles. The van der Waals surface area contributed by atoms with Crippen LogP contribution in [-0.4, -0.2) is 79.9 Å². The molecular weight excluding hydrogens is 344 g/mol. The van der Waals surface area contributed by atoms with E-state index in [1.807, 2.05) is 4.90 Å². The van der Waals surface area contributed by atoms with Gasteiger partial charge in [0.1, 0.15) is 18.5 Å². The van der Waals surface area contributed by atoms with Crippen LogP contribution >= 0.6 is 0 Å². The van der Waals surface area contributed by atoms with Crippen LogP contribution in [0.1, 0.15) is 29.6 Å². The quantitative estimate of drug-likeness (QED) is 0.839. The van der Waals surface area contributed by atoms with E-state index in [0.717, 1.165) is 19.6 Å². The monoisotopic (exact) mass is 370 g/mol. The van der Waals surface area contributed by atoms with Gasteiger partial charge in [-0.05, 0) is 44.0 Å². The van der Waals surface area contributed by atoms with Crippen molar-refractivity contribution in [1.82, 2.24) is 29.5 Å². The smallest absolute Gasteiger partial charge is 0.255 e. The molecule has 2 aromatic heterocycles. The summed E-state index contributed by atoms with van der Waals surface area (Å²) in [5.74, 6) is 1.15. The van der Waals surface area contributed by atoms with E-state index in [1.54, 1.807) is 35.6 Å². The van der Waals surface area contributed by atoms with Crippen molar-refractivity contribution >= 4 is 5.91 Å². The summed E-state index contributed by atoms with van der Waals surface area (Å²) in [6.45, 7) is 4.69. The van der Waals surface area contributed by atoms with Crippen molar-refractivity contribution < 1.29 is 9.90 Å². The van der Waals surface area contributed by atoms with Crippen molar-refractivity contribution in [2.75, 3.05) is 39.3 Å². The first-order valence-corrected chi connectivity index (χ1v) is 9.68. The van der Waals surface area contributed by atoms with Gasteiger partial charge in [-0.1, -0.05) is 6.42 Å². The van der Waals surface area contributed by atoms with Gasteiger partial charge in [0, 0.05) is 38.4 Å². The number of aliphatic hydroxyl groups excluding tert-OH is 1. The number of hydrogen-bond acceptors (Lipinski definition) is 6. The van der Waals surface area contributed by atoms with E-state index in [2.05, 4.69) is 20.1 Å². The molecule has 2 aliphatic heterocycles. The van der Waals surface area contributed by atoms with Crippen molar-refractivity contribution in [2.45, 2.75) is 19.3 Å². The fraction of sp³-hybridized carbons (Fsp3) is 0.579. The lowest BCUT2D eigenvalue weighted by atomic mass is 9.95. The molecule has 1 amide bonds. The van der Waals surface area contributed by atoms with E-state index in [0.29, 0.717) is 30.4 Å². The Labute approximate surface area is 158 Å². The second-order valence-electron chi connectivity index (χ2n) is 7.55. The first-order valence-electron chi connectivity index (χ1n) is 9.68. The van der Waals surface area contributed by atoms with Crippen LogP contribution in [-0.2, 0) is 0 Å². The third kappa shape index (κ3) is 4.01. The topological polar surface area (TPSA) is 87.4 Å². The van der Waals surface area contributed by atoms with Gasteiger partial charge >= 0.3 is 0 Å². The van der Waals surface area contributed by atoms with Gasteiger partial charge in [-0.15, -0.1) is 10.2 Å². The molecule has 0 spiro atoms. The lowest BCUT2D eigenvalue weighted by Crippen LogP contribution is -2.37. The van der Waals surface area contributed by atoms with Crippen molar-refractivity contribution in [3.05, 3.63) is 36.5 Å². The average molecular weight is 370 g/mol. The summed E-state index contributed by atoms with van der Waals surface area (Å²) < 4.78 is 1.69. The van der Waals surface area contributed by atoms with Crippen LogP contribution in [0, 0.1) is 11.8 Å². The number of piperidine rings is 1. The van der Waals surface area contributed by atoms with Gasteiger partial charge in [0.2, 0.25) is 0 Å². The molecule has 0 aromatic carbocycles. The number of likely N-dealkylation sites (tertiary alicyclic amines) is 2.